The molecule has 5 heteroatoms. The van der Waals surface area contributed by atoms with Gasteiger partial charge < -0.3 is 0 Å². The fraction of sp³-hybridized carbons (Fsp3) is 0.176. The number of hydrogen-bond acceptors (Lipinski definition) is 2. The average molecular weight is 300 g/mol. The van der Waals surface area contributed by atoms with Crippen LogP contribution in [0.3, 0.4) is 0 Å². The molecule has 0 unspecified atom stereocenters. The quantitative estimate of drug-likeness (QED) is 0.740. The molecule has 22 heavy (non-hydrogen) atoms. The molecule has 2 aromatic carbocycles. The summed E-state index contributed by atoms with van der Waals surface area (Å²) < 4.78 is 28.5. The molecule has 0 atom stereocenters. The molecular weight excluding hydrogens is 286 g/mol. The Balaban J connectivity index is 2.38. The molecule has 0 spiro atoms. The number of fused-ring (bicyclic) bond motifs is 1. The van der Waals surface area contributed by atoms with Crippen molar-refractivity contribution >= 4 is 10.9 Å². The van der Waals surface area contributed by atoms with Gasteiger partial charge in [-0.1, -0.05) is 13.0 Å². The molecule has 1 heterocycles. The van der Waals surface area contributed by atoms with E-state index in [1.807, 2.05) is 6.92 Å². The lowest BCUT2D eigenvalue weighted by Gasteiger charge is -2.13. The minimum Gasteiger partial charge on any atom is -0.268 e. The van der Waals surface area contributed by atoms with Crippen LogP contribution in [0.2, 0.25) is 0 Å². The highest BCUT2D eigenvalue weighted by Crippen LogP contribution is 2.16. The maximum absolute atomic E-state index is 14.0. The summed E-state index contributed by atoms with van der Waals surface area (Å²) in [6, 6.07) is 9.90. The molecule has 112 valence electrons. The summed E-state index contributed by atoms with van der Waals surface area (Å²) in [6.07, 6.45) is 1.35. The highest BCUT2D eigenvalue weighted by atomic mass is 19.1. The van der Waals surface area contributed by atoms with Crippen LogP contribution < -0.4 is 5.56 Å². The zero-order valence-electron chi connectivity index (χ0n) is 12.0. The Morgan fingerprint density at radius 1 is 1.09 bits per heavy atom. The number of rotatable bonds is 3. The van der Waals surface area contributed by atoms with Crippen LogP contribution in [0.5, 0.6) is 0 Å². The van der Waals surface area contributed by atoms with E-state index in [4.69, 9.17) is 0 Å². The SMILES string of the molecule is CCCc1nc2cccc(F)c2c(=O)n1-c1ccc(F)cc1. The molecule has 3 rings (SSSR count). The van der Waals surface area contributed by atoms with Gasteiger partial charge in [-0.2, -0.15) is 0 Å². The van der Waals surface area contributed by atoms with E-state index in [1.165, 1.54) is 41.0 Å². The van der Waals surface area contributed by atoms with Gasteiger partial charge in [-0.15, -0.1) is 0 Å². The Bertz CT molecular complexity index is 886. The van der Waals surface area contributed by atoms with Gasteiger partial charge in [0.1, 0.15) is 22.8 Å². The number of halogens is 2. The average Bonchev–Trinajstić information content (AvgIpc) is 2.49. The van der Waals surface area contributed by atoms with Gasteiger partial charge in [0.05, 0.1) is 11.2 Å². The Morgan fingerprint density at radius 3 is 2.50 bits per heavy atom. The second-order valence-electron chi connectivity index (χ2n) is 5.03. The van der Waals surface area contributed by atoms with Crippen LogP contribution >= 0.6 is 0 Å². The molecule has 0 aliphatic rings. The van der Waals surface area contributed by atoms with Crippen molar-refractivity contribution in [1.82, 2.24) is 9.55 Å². The van der Waals surface area contributed by atoms with Crippen molar-refractivity contribution in [1.29, 1.82) is 0 Å². The van der Waals surface area contributed by atoms with Crippen molar-refractivity contribution in [3.63, 3.8) is 0 Å². The zero-order chi connectivity index (χ0) is 15.7. The lowest BCUT2D eigenvalue weighted by molar-refractivity contribution is 0.626. The normalized spacial score (nSPS) is 11.0. The molecule has 1 aromatic heterocycles. The van der Waals surface area contributed by atoms with E-state index in [0.29, 0.717) is 23.4 Å². The number of hydrogen-bond donors (Lipinski definition) is 0. The number of aryl methyl sites for hydroxylation is 1. The van der Waals surface area contributed by atoms with Gasteiger partial charge in [0, 0.05) is 6.42 Å². The first kappa shape index (κ1) is 14.4. The molecule has 0 fully saturated rings. The van der Waals surface area contributed by atoms with Crippen LogP contribution in [0.1, 0.15) is 19.2 Å². The molecule has 0 N–H and O–H groups in total. The summed E-state index contributed by atoms with van der Waals surface area (Å²) >= 11 is 0. The minimum absolute atomic E-state index is 0.0494. The lowest BCUT2D eigenvalue weighted by Crippen LogP contribution is -2.24. The third-order valence-corrected chi connectivity index (χ3v) is 3.47. The van der Waals surface area contributed by atoms with Crippen LogP contribution in [-0.2, 0) is 6.42 Å². The topological polar surface area (TPSA) is 34.9 Å². The van der Waals surface area contributed by atoms with E-state index in [1.54, 1.807) is 6.07 Å². The predicted molar refractivity (Wildman–Crippen MR) is 81.3 cm³/mol. The number of nitrogens with zero attached hydrogens (tertiary/aromatic N) is 2. The van der Waals surface area contributed by atoms with Crippen molar-refractivity contribution in [2.24, 2.45) is 0 Å². The van der Waals surface area contributed by atoms with Crippen LogP contribution in [0, 0.1) is 11.6 Å². The van der Waals surface area contributed by atoms with Gasteiger partial charge in [-0.3, -0.25) is 9.36 Å². The summed E-state index contributed by atoms with van der Waals surface area (Å²) in [7, 11) is 0. The van der Waals surface area contributed by atoms with Crippen LogP contribution in [0.15, 0.2) is 47.3 Å². The summed E-state index contributed by atoms with van der Waals surface area (Å²) in [5.74, 6) is -0.458. The van der Waals surface area contributed by atoms with Gasteiger partial charge in [0.25, 0.3) is 5.56 Å². The zero-order valence-corrected chi connectivity index (χ0v) is 12.0. The van der Waals surface area contributed by atoms with Crippen molar-refractivity contribution < 1.29 is 8.78 Å². The standard InChI is InChI=1S/C17H14F2N2O/c1-2-4-15-20-14-6-3-5-13(19)16(14)17(22)21(15)12-9-7-11(18)8-10-12/h3,5-10H,2,4H2,1H3. The van der Waals surface area contributed by atoms with E-state index in [0.717, 1.165) is 6.42 Å². The minimum atomic E-state index is -0.603. The fourth-order valence-corrected chi connectivity index (χ4v) is 2.48. The summed E-state index contributed by atoms with van der Waals surface area (Å²) in [5, 5.41) is -0.0494. The van der Waals surface area contributed by atoms with Gasteiger partial charge in [-0.05, 0) is 42.8 Å². The Hall–Kier alpha value is -2.56. The summed E-state index contributed by atoms with van der Waals surface area (Å²) in [4.78, 5) is 17.1. The molecule has 0 amide bonds. The first-order valence-corrected chi connectivity index (χ1v) is 7.08. The van der Waals surface area contributed by atoms with Gasteiger partial charge in [0.2, 0.25) is 0 Å². The largest absolute Gasteiger partial charge is 0.268 e. The third-order valence-electron chi connectivity index (χ3n) is 3.47. The maximum Gasteiger partial charge on any atom is 0.268 e. The fourth-order valence-electron chi connectivity index (χ4n) is 2.48. The van der Waals surface area contributed by atoms with Crippen LogP contribution in [-0.4, -0.2) is 9.55 Å². The second kappa shape index (κ2) is 5.67. The molecule has 0 radical (unpaired) electrons. The Morgan fingerprint density at radius 2 is 1.82 bits per heavy atom. The van der Waals surface area contributed by atoms with Crippen molar-refractivity contribution in [3.05, 3.63) is 70.3 Å². The second-order valence-corrected chi connectivity index (χ2v) is 5.03. The molecule has 0 aliphatic carbocycles. The predicted octanol–water partition coefficient (Wildman–Crippen LogP) is 3.62. The van der Waals surface area contributed by atoms with E-state index >= 15 is 0 Å². The van der Waals surface area contributed by atoms with Gasteiger partial charge >= 0.3 is 0 Å². The molecular formula is C17H14F2N2O. The number of benzene rings is 2. The van der Waals surface area contributed by atoms with E-state index in [-0.39, 0.29) is 5.39 Å². The third kappa shape index (κ3) is 2.39. The Kier molecular flexibility index (Phi) is 3.71. The van der Waals surface area contributed by atoms with E-state index in [2.05, 4.69) is 4.98 Å². The summed E-state index contributed by atoms with van der Waals surface area (Å²) in [5.41, 5.74) is 0.345. The summed E-state index contributed by atoms with van der Waals surface area (Å²) in [6.45, 7) is 1.97. The highest BCUT2D eigenvalue weighted by Gasteiger charge is 2.15. The molecule has 0 saturated heterocycles. The first-order chi connectivity index (χ1) is 10.6. The van der Waals surface area contributed by atoms with Crippen molar-refractivity contribution in [3.8, 4) is 5.69 Å². The monoisotopic (exact) mass is 300 g/mol. The van der Waals surface area contributed by atoms with E-state index < -0.39 is 17.2 Å². The molecule has 0 aliphatic heterocycles. The van der Waals surface area contributed by atoms with Gasteiger partial charge in [0.15, 0.2) is 0 Å². The smallest absolute Gasteiger partial charge is 0.268 e. The molecule has 0 saturated carbocycles. The molecule has 3 nitrogen and oxygen atoms in total. The lowest BCUT2D eigenvalue weighted by atomic mass is 10.2. The van der Waals surface area contributed by atoms with Crippen LogP contribution in [0.4, 0.5) is 8.78 Å². The molecule has 0 bridgehead atoms. The highest BCUT2D eigenvalue weighted by molar-refractivity contribution is 5.78. The van der Waals surface area contributed by atoms with Gasteiger partial charge in [-0.25, -0.2) is 13.8 Å². The molecule has 3 aromatic rings. The van der Waals surface area contributed by atoms with Crippen molar-refractivity contribution in [2.75, 3.05) is 0 Å². The van der Waals surface area contributed by atoms with E-state index in [9.17, 15) is 13.6 Å². The Labute approximate surface area is 125 Å². The number of aromatic nitrogens is 2. The van der Waals surface area contributed by atoms with Crippen LogP contribution in [0.25, 0.3) is 16.6 Å². The van der Waals surface area contributed by atoms with Crippen molar-refractivity contribution in [2.45, 2.75) is 19.8 Å². The first-order valence-electron chi connectivity index (χ1n) is 7.08. The maximum atomic E-state index is 14.0.